The summed E-state index contributed by atoms with van der Waals surface area (Å²) in [5.41, 5.74) is 3.49. The molecular formula is C11H16O4. The molecule has 0 bridgehead atoms. The van der Waals surface area contributed by atoms with E-state index in [-0.39, 0.29) is 6.42 Å². The van der Waals surface area contributed by atoms with Crippen LogP contribution >= 0.6 is 0 Å². The molecule has 0 spiro atoms. The Labute approximate surface area is 89.6 Å². The van der Waals surface area contributed by atoms with Crippen molar-refractivity contribution in [1.29, 1.82) is 0 Å². The van der Waals surface area contributed by atoms with E-state index >= 15 is 0 Å². The van der Waals surface area contributed by atoms with Crippen LogP contribution in [0.4, 0.5) is 0 Å². The van der Waals surface area contributed by atoms with Crippen molar-refractivity contribution in [2.45, 2.75) is 19.8 Å². The molecular weight excluding hydrogens is 196 g/mol. The molecule has 0 aliphatic heterocycles. The summed E-state index contributed by atoms with van der Waals surface area (Å²) < 4.78 is 9.05. The van der Waals surface area contributed by atoms with E-state index in [2.05, 4.69) is 21.8 Å². The predicted molar refractivity (Wildman–Crippen MR) is 55.1 cm³/mol. The van der Waals surface area contributed by atoms with Gasteiger partial charge in [0.05, 0.1) is 14.2 Å². The Morgan fingerprint density at radius 2 is 1.73 bits per heavy atom. The molecule has 0 unspecified atom stereocenters. The van der Waals surface area contributed by atoms with Crippen molar-refractivity contribution in [2.75, 3.05) is 14.2 Å². The molecule has 0 aromatic rings. The first-order chi connectivity index (χ1) is 7.10. The highest BCUT2D eigenvalue weighted by Gasteiger charge is 2.29. The second-order valence-corrected chi connectivity index (χ2v) is 2.94. The fourth-order valence-corrected chi connectivity index (χ4v) is 1.14. The molecule has 0 atom stereocenters. The second kappa shape index (κ2) is 6.85. The summed E-state index contributed by atoms with van der Waals surface area (Å²) in [5.74, 6) is -2.10. The van der Waals surface area contributed by atoms with Gasteiger partial charge in [-0.15, -0.1) is 5.73 Å². The van der Waals surface area contributed by atoms with Crippen LogP contribution in [-0.2, 0) is 19.1 Å². The van der Waals surface area contributed by atoms with Crippen LogP contribution in [0.5, 0.6) is 0 Å². The smallest absolute Gasteiger partial charge is 0.320 e. The molecule has 0 aromatic heterocycles. The number of methoxy groups -OCH3 is 2. The lowest BCUT2D eigenvalue weighted by atomic mass is 9.98. The lowest BCUT2D eigenvalue weighted by Crippen LogP contribution is -2.26. The maximum absolute atomic E-state index is 11.3. The topological polar surface area (TPSA) is 52.6 Å². The molecule has 4 heteroatoms. The summed E-state index contributed by atoms with van der Waals surface area (Å²) >= 11 is 0. The highest BCUT2D eigenvalue weighted by molar-refractivity contribution is 5.95. The van der Waals surface area contributed by atoms with E-state index in [0.29, 0.717) is 6.42 Å². The summed E-state index contributed by atoms with van der Waals surface area (Å²) in [6.45, 7) is 5.39. The van der Waals surface area contributed by atoms with E-state index in [9.17, 15) is 9.59 Å². The number of allylic oxidation sites excluding steroid dienone is 1. The van der Waals surface area contributed by atoms with Gasteiger partial charge in [0.15, 0.2) is 5.92 Å². The van der Waals surface area contributed by atoms with Crippen LogP contribution in [-0.4, -0.2) is 26.2 Å². The molecule has 0 fully saturated rings. The normalized spacial score (nSPS) is 9.33. The maximum Gasteiger partial charge on any atom is 0.320 e. The molecule has 0 N–H and O–H groups in total. The van der Waals surface area contributed by atoms with Gasteiger partial charge < -0.3 is 9.47 Å². The third-order valence-electron chi connectivity index (χ3n) is 2.10. The summed E-state index contributed by atoms with van der Waals surface area (Å²) in [6, 6.07) is 0. The van der Waals surface area contributed by atoms with Crippen LogP contribution < -0.4 is 0 Å². The van der Waals surface area contributed by atoms with Crippen LogP contribution in [0.3, 0.4) is 0 Å². The first-order valence-electron chi connectivity index (χ1n) is 4.64. The van der Waals surface area contributed by atoms with Crippen LogP contribution in [0.1, 0.15) is 19.8 Å². The zero-order valence-corrected chi connectivity index (χ0v) is 9.33. The fraction of sp³-hybridized carbons (Fsp3) is 0.545. The molecule has 0 saturated heterocycles. The lowest BCUT2D eigenvalue weighted by molar-refractivity contribution is -0.158. The van der Waals surface area contributed by atoms with Gasteiger partial charge in [-0.3, -0.25) is 9.59 Å². The van der Waals surface area contributed by atoms with Crippen molar-refractivity contribution in [2.24, 2.45) is 5.92 Å². The van der Waals surface area contributed by atoms with Crippen molar-refractivity contribution in [1.82, 2.24) is 0 Å². The first-order valence-corrected chi connectivity index (χ1v) is 4.64. The molecule has 84 valence electrons. The quantitative estimate of drug-likeness (QED) is 0.393. The summed E-state index contributed by atoms with van der Waals surface area (Å²) in [5, 5.41) is 0. The van der Waals surface area contributed by atoms with E-state index < -0.39 is 17.9 Å². The molecule has 0 radical (unpaired) electrons. The van der Waals surface area contributed by atoms with Gasteiger partial charge in [-0.2, -0.15) is 0 Å². The third kappa shape index (κ3) is 4.00. The number of hydrogen-bond acceptors (Lipinski definition) is 4. The molecule has 0 aromatic carbocycles. The van der Waals surface area contributed by atoms with Crippen molar-refractivity contribution in [3.63, 3.8) is 0 Å². The molecule has 0 amide bonds. The summed E-state index contributed by atoms with van der Waals surface area (Å²) in [4.78, 5) is 22.6. The van der Waals surface area contributed by atoms with Crippen LogP contribution in [0.2, 0.25) is 0 Å². The first kappa shape index (κ1) is 13.5. The van der Waals surface area contributed by atoms with Crippen molar-refractivity contribution >= 4 is 11.9 Å². The third-order valence-corrected chi connectivity index (χ3v) is 2.10. The van der Waals surface area contributed by atoms with Gasteiger partial charge in [-0.1, -0.05) is 13.5 Å². The number of ether oxygens (including phenoxy) is 2. The molecule has 0 aliphatic carbocycles. The Morgan fingerprint density at radius 3 is 2.00 bits per heavy atom. The average Bonchev–Trinajstić information content (AvgIpc) is 2.29. The van der Waals surface area contributed by atoms with E-state index in [1.165, 1.54) is 14.2 Å². The predicted octanol–water partition coefficient (Wildman–Crippen LogP) is 1.46. The highest BCUT2D eigenvalue weighted by atomic mass is 16.5. The van der Waals surface area contributed by atoms with Gasteiger partial charge in [0.25, 0.3) is 0 Å². The molecule has 15 heavy (non-hydrogen) atoms. The summed E-state index contributed by atoms with van der Waals surface area (Å²) in [7, 11) is 2.48. The van der Waals surface area contributed by atoms with Gasteiger partial charge in [0.2, 0.25) is 0 Å². The second-order valence-electron chi connectivity index (χ2n) is 2.94. The average molecular weight is 212 g/mol. The fourth-order valence-electron chi connectivity index (χ4n) is 1.14. The number of hydrogen-bond donors (Lipinski definition) is 0. The molecule has 4 nitrogen and oxygen atoms in total. The Bertz CT molecular complexity index is 271. The minimum absolute atomic E-state index is 0.249. The largest absolute Gasteiger partial charge is 0.468 e. The number of rotatable bonds is 5. The number of esters is 2. The van der Waals surface area contributed by atoms with Crippen LogP contribution in [0.15, 0.2) is 17.9 Å². The standard InChI is InChI=1S/C11H16O4/c1-5-8(6-2)7-9(10(12)14-3)11(13)15-4/h9H,1,6-7H2,2-4H3. The van der Waals surface area contributed by atoms with Gasteiger partial charge in [0, 0.05) is 0 Å². The lowest BCUT2D eigenvalue weighted by Gasteiger charge is -2.12. The zero-order valence-electron chi connectivity index (χ0n) is 9.33. The SMILES string of the molecule is C=C=C(CC)CC(C(=O)OC)C(=O)OC. The van der Waals surface area contributed by atoms with E-state index in [0.717, 1.165) is 5.57 Å². The van der Waals surface area contributed by atoms with Gasteiger partial charge in [-0.05, 0) is 18.4 Å². The maximum atomic E-state index is 11.3. The molecule has 0 heterocycles. The minimum Gasteiger partial charge on any atom is -0.468 e. The van der Waals surface area contributed by atoms with Crippen molar-refractivity contribution < 1.29 is 19.1 Å². The highest BCUT2D eigenvalue weighted by Crippen LogP contribution is 2.16. The monoisotopic (exact) mass is 212 g/mol. The van der Waals surface area contributed by atoms with Crippen LogP contribution in [0.25, 0.3) is 0 Å². The summed E-state index contributed by atoms with van der Waals surface area (Å²) in [6.07, 6.45) is 0.938. The van der Waals surface area contributed by atoms with Gasteiger partial charge in [-0.25, -0.2) is 0 Å². The van der Waals surface area contributed by atoms with Gasteiger partial charge in [0.1, 0.15) is 0 Å². The Kier molecular flexibility index (Phi) is 6.14. The van der Waals surface area contributed by atoms with E-state index in [4.69, 9.17) is 0 Å². The van der Waals surface area contributed by atoms with Crippen LogP contribution in [0, 0.1) is 5.92 Å². The minimum atomic E-state index is -0.913. The molecule has 0 rings (SSSR count). The zero-order chi connectivity index (χ0) is 11.8. The van der Waals surface area contributed by atoms with Crippen molar-refractivity contribution in [3.8, 4) is 0 Å². The Hall–Kier alpha value is -1.54. The molecule has 0 aliphatic rings. The van der Waals surface area contributed by atoms with E-state index in [1.54, 1.807) is 0 Å². The number of carbonyl (C=O) groups excluding carboxylic acids is 2. The number of carbonyl (C=O) groups is 2. The van der Waals surface area contributed by atoms with Crippen molar-refractivity contribution in [3.05, 3.63) is 17.9 Å². The Morgan fingerprint density at radius 1 is 1.27 bits per heavy atom. The molecule has 0 saturated carbocycles. The Balaban J connectivity index is 4.72. The van der Waals surface area contributed by atoms with E-state index in [1.807, 2.05) is 6.92 Å². The van der Waals surface area contributed by atoms with Gasteiger partial charge >= 0.3 is 11.9 Å².